The smallest absolute Gasteiger partial charge is 0.193 e. The minimum absolute atomic E-state index is 0.00984. The molecule has 0 bridgehead atoms. The van der Waals surface area contributed by atoms with Crippen LogP contribution in [0.1, 0.15) is 63.9 Å². The molecule has 0 amide bonds. The van der Waals surface area contributed by atoms with Crippen molar-refractivity contribution in [3.8, 4) is 5.75 Å². The van der Waals surface area contributed by atoms with Crippen molar-refractivity contribution in [1.29, 1.82) is 0 Å². The molecule has 2 aromatic carbocycles. The first kappa shape index (κ1) is 21.2. The normalized spacial score (nSPS) is 13.3. The molecule has 2 rings (SSSR count). The highest BCUT2D eigenvalue weighted by molar-refractivity contribution is 6.08. The van der Waals surface area contributed by atoms with E-state index in [0.717, 1.165) is 12.2 Å². The van der Waals surface area contributed by atoms with Crippen molar-refractivity contribution in [3.05, 3.63) is 65.7 Å². The van der Waals surface area contributed by atoms with Crippen molar-refractivity contribution in [3.63, 3.8) is 0 Å². The van der Waals surface area contributed by atoms with E-state index in [2.05, 4.69) is 41.5 Å². The van der Waals surface area contributed by atoms with E-state index in [9.17, 15) is 4.79 Å². The molecule has 0 N–H and O–H groups in total. The number of ketones is 1. The minimum Gasteiger partial charge on any atom is -0.491 e. The highest BCUT2D eigenvalue weighted by Crippen LogP contribution is 2.26. The van der Waals surface area contributed by atoms with Gasteiger partial charge in [-0.3, -0.25) is 4.79 Å². The van der Waals surface area contributed by atoms with Crippen LogP contribution in [0.25, 0.3) is 0 Å². The Morgan fingerprint density at radius 2 is 1.41 bits per heavy atom. The lowest BCUT2D eigenvalue weighted by atomic mass is 9.89. The number of hydrogen-bond donors (Lipinski definition) is 0. The zero-order valence-electron chi connectivity index (χ0n) is 17.4. The minimum atomic E-state index is -0.217. The van der Waals surface area contributed by atoms with Crippen molar-refractivity contribution >= 4 is 5.78 Å². The predicted molar refractivity (Wildman–Crippen MR) is 111 cm³/mol. The number of hydrogen-bond acceptors (Lipinski definition) is 3. The summed E-state index contributed by atoms with van der Waals surface area (Å²) >= 11 is 0. The summed E-state index contributed by atoms with van der Waals surface area (Å²) in [5.41, 5.74) is 1.29. The van der Waals surface area contributed by atoms with Gasteiger partial charge in [0.2, 0.25) is 0 Å². The van der Waals surface area contributed by atoms with E-state index in [1.807, 2.05) is 54.6 Å². The quantitative estimate of drug-likeness (QED) is 0.569. The fourth-order valence-corrected chi connectivity index (χ4v) is 2.97. The van der Waals surface area contributed by atoms with E-state index < -0.39 is 0 Å². The Kier molecular flexibility index (Phi) is 6.83. The predicted octanol–water partition coefficient (Wildman–Crippen LogP) is 5.92. The zero-order chi connectivity index (χ0) is 20.1. The van der Waals surface area contributed by atoms with E-state index in [1.54, 1.807) is 0 Å². The molecule has 0 spiro atoms. The van der Waals surface area contributed by atoms with E-state index in [-0.39, 0.29) is 22.9 Å². The second kappa shape index (κ2) is 8.71. The lowest BCUT2D eigenvalue weighted by molar-refractivity contribution is -0.0893. The second-order valence-electron chi connectivity index (χ2n) is 9.15. The molecule has 2 aromatic rings. The summed E-state index contributed by atoms with van der Waals surface area (Å²) in [5, 5.41) is 0. The molecular formula is C24H32O3. The Morgan fingerprint density at radius 3 is 1.93 bits per heavy atom. The first-order valence-corrected chi connectivity index (χ1v) is 9.54. The SMILES string of the molecule is CC(C)(C)CC(COc1ccc(C(=O)c2ccccc2)cc1)OC(C)(C)C. The van der Waals surface area contributed by atoms with Crippen LogP contribution in [0.15, 0.2) is 54.6 Å². The van der Waals surface area contributed by atoms with Gasteiger partial charge < -0.3 is 9.47 Å². The van der Waals surface area contributed by atoms with Crippen LogP contribution in [0.4, 0.5) is 0 Å². The van der Waals surface area contributed by atoms with Crippen LogP contribution in [0.5, 0.6) is 5.75 Å². The van der Waals surface area contributed by atoms with Gasteiger partial charge in [-0.25, -0.2) is 0 Å². The largest absolute Gasteiger partial charge is 0.491 e. The van der Waals surface area contributed by atoms with Crippen molar-refractivity contribution in [2.45, 2.75) is 59.7 Å². The molecule has 0 aliphatic rings. The summed E-state index contributed by atoms with van der Waals surface area (Å²) in [5.74, 6) is 0.764. The van der Waals surface area contributed by atoms with Crippen molar-refractivity contribution < 1.29 is 14.3 Å². The standard InChI is InChI=1S/C24H32O3/c1-23(2,3)16-21(27-24(4,5)6)17-26-20-14-12-19(13-15-20)22(25)18-10-8-7-9-11-18/h7-15,21H,16-17H2,1-6H3. The monoisotopic (exact) mass is 368 g/mol. The van der Waals surface area contributed by atoms with Gasteiger partial charge in [-0.1, -0.05) is 51.1 Å². The van der Waals surface area contributed by atoms with Crippen LogP contribution in [0, 0.1) is 5.41 Å². The van der Waals surface area contributed by atoms with Crippen LogP contribution >= 0.6 is 0 Å². The summed E-state index contributed by atoms with van der Waals surface area (Å²) in [6.07, 6.45) is 0.921. The van der Waals surface area contributed by atoms with Gasteiger partial charge in [0.15, 0.2) is 5.78 Å². The van der Waals surface area contributed by atoms with Gasteiger partial charge >= 0.3 is 0 Å². The van der Waals surface area contributed by atoms with Crippen LogP contribution in [0.2, 0.25) is 0 Å². The third-order valence-electron chi connectivity index (χ3n) is 3.95. The molecule has 3 heteroatoms. The van der Waals surface area contributed by atoms with E-state index >= 15 is 0 Å². The molecule has 1 unspecified atom stereocenters. The van der Waals surface area contributed by atoms with Gasteiger partial charge in [0.25, 0.3) is 0 Å². The summed E-state index contributed by atoms with van der Waals surface area (Å²) in [6.45, 7) is 13.3. The molecule has 0 aromatic heterocycles. The Bertz CT molecular complexity index is 703. The van der Waals surface area contributed by atoms with Gasteiger partial charge in [0.1, 0.15) is 12.4 Å². The topological polar surface area (TPSA) is 35.5 Å². The average molecular weight is 369 g/mol. The molecular weight excluding hydrogens is 336 g/mol. The van der Waals surface area contributed by atoms with E-state index in [4.69, 9.17) is 9.47 Å². The third kappa shape index (κ3) is 7.56. The molecule has 0 fully saturated rings. The first-order valence-electron chi connectivity index (χ1n) is 9.54. The number of carbonyl (C=O) groups excluding carboxylic acids is 1. The maximum absolute atomic E-state index is 12.5. The molecule has 0 radical (unpaired) electrons. The fourth-order valence-electron chi connectivity index (χ4n) is 2.97. The van der Waals surface area contributed by atoms with Crippen molar-refractivity contribution in [2.75, 3.05) is 6.61 Å². The molecule has 0 saturated heterocycles. The number of benzene rings is 2. The maximum atomic E-state index is 12.5. The van der Waals surface area contributed by atoms with E-state index in [0.29, 0.717) is 17.7 Å². The summed E-state index contributed by atoms with van der Waals surface area (Å²) in [7, 11) is 0. The number of carbonyl (C=O) groups is 1. The van der Waals surface area contributed by atoms with Gasteiger partial charge in [-0.05, 0) is 56.9 Å². The Balaban J connectivity index is 2.00. The Hall–Kier alpha value is -2.13. The third-order valence-corrected chi connectivity index (χ3v) is 3.95. The second-order valence-corrected chi connectivity index (χ2v) is 9.15. The number of ether oxygens (including phenoxy) is 2. The van der Waals surface area contributed by atoms with Crippen LogP contribution in [-0.4, -0.2) is 24.1 Å². The van der Waals surface area contributed by atoms with Crippen molar-refractivity contribution in [2.24, 2.45) is 5.41 Å². The molecule has 0 heterocycles. The van der Waals surface area contributed by atoms with Crippen LogP contribution < -0.4 is 4.74 Å². The van der Waals surface area contributed by atoms with Crippen LogP contribution in [-0.2, 0) is 4.74 Å². The van der Waals surface area contributed by atoms with Gasteiger partial charge in [-0.15, -0.1) is 0 Å². The van der Waals surface area contributed by atoms with E-state index in [1.165, 1.54) is 0 Å². The van der Waals surface area contributed by atoms with Crippen LogP contribution in [0.3, 0.4) is 0 Å². The lowest BCUT2D eigenvalue weighted by Gasteiger charge is -2.32. The Labute approximate surface area is 163 Å². The average Bonchev–Trinajstić information content (AvgIpc) is 2.58. The molecule has 0 aliphatic carbocycles. The summed E-state index contributed by atoms with van der Waals surface area (Å²) in [4.78, 5) is 12.5. The molecule has 3 nitrogen and oxygen atoms in total. The molecule has 0 aliphatic heterocycles. The van der Waals surface area contributed by atoms with Gasteiger partial charge in [0, 0.05) is 11.1 Å². The summed E-state index contributed by atoms with van der Waals surface area (Å²) in [6, 6.07) is 16.6. The first-order chi connectivity index (χ1) is 12.5. The van der Waals surface area contributed by atoms with Gasteiger partial charge in [0.05, 0.1) is 11.7 Å². The highest BCUT2D eigenvalue weighted by atomic mass is 16.5. The number of rotatable bonds is 7. The lowest BCUT2D eigenvalue weighted by Crippen LogP contribution is -2.34. The van der Waals surface area contributed by atoms with Crippen molar-refractivity contribution in [1.82, 2.24) is 0 Å². The Morgan fingerprint density at radius 1 is 0.852 bits per heavy atom. The molecule has 27 heavy (non-hydrogen) atoms. The molecule has 1 atom stereocenters. The highest BCUT2D eigenvalue weighted by Gasteiger charge is 2.25. The molecule has 0 saturated carbocycles. The fraction of sp³-hybridized carbons (Fsp3) is 0.458. The maximum Gasteiger partial charge on any atom is 0.193 e. The zero-order valence-corrected chi connectivity index (χ0v) is 17.4. The van der Waals surface area contributed by atoms with Gasteiger partial charge in [-0.2, -0.15) is 0 Å². The molecule has 146 valence electrons. The summed E-state index contributed by atoms with van der Waals surface area (Å²) < 4.78 is 12.1.